The van der Waals surface area contributed by atoms with Crippen molar-refractivity contribution in [3.63, 3.8) is 0 Å². The second kappa shape index (κ2) is 12.1. The van der Waals surface area contributed by atoms with Gasteiger partial charge in [-0.1, -0.05) is 78.9 Å². The third kappa shape index (κ3) is 6.15. The van der Waals surface area contributed by atoms with E-state index in [2.05, 4.69) is 0 Å². The highest BCUT2D eigenvalue weighted by atomic mass is 16.7. The number of hydrogen-bond donors (Lipinski definition) is 3. The van der Waals surface area contributed by atoms with Gasteiger partial charge in [-0.15, -0.1) is 0 Å². The zero-order valence-corrected chi connectivity index (χ0v) is 20.5. The zero-order chi connectivity index (χ0) is 27.2. The average molecular weight is 521 g/mol. The molecule has 0 aromatic heterocycles. The Bertz CT molecular complexity index is 1260. The van der Waals surface area contributed by atoms with E-state index in [1.165, 1.54) is 0 Å². The van der Waals surface area contributed by atoms with E-state index in [0.717, 1.165) is 0 Å². The van der Waals surface area contributed by atoms with Crippen molar-refractivity contribution < 1.29 is 43.9 Å². The van der Waals surface area contributed by atoms with Crippen LogP contribution in [0.4, 0.5) is 0 Å². The lowest BCUT2D eigenvalue weighted by Crippen LogP contribution is -2.61. The van der Waals surface area contributed by atoms with Gasteiger partial charge >= 0.3 is 11.9 Å². The molecule has 1 fully saturated rings. The maximum Gasteiger partial charge on any atom is 0.338 e. The number of rotatable bonds is 8. The molecule has 198 valence electrons. The van der Waals surface area contributed by atoms with Gasteiger partial charge in [0.2, 0.25) is 6.29 Å². The maximum atomic E-state index is 12.9. The normalized spacial score (nSPS) is 23.7. The summed E-state index contributed by atoms with van der Waals surface area (Å²) in [4.78, 5) is 38.3. The minimum absolute atomic E-state index is 0.107. The van der Waals surface area contributed by atoms with Crippen LogP contribution in [0.5, 0.6) is 0 Å². The van der Waals surface area contributed by atoms with Crippen LogP contribution in [-0.2, 0) is 30.4 Å². The van der Waals surface area contributed by atoms with Gasteiger partial charge in [-0.05, 0) is 24.1 Å². The first-order valence-corrected chi connectivity index (χ1v) is 12.1. The lowest BCUT2D eigenvalue weighted by Gasteiger charge is -2.38. The van der Waals surface area contributed by atoms with Crippen molar-refractivity contribution >= 4 is 17.7 Å². The predicted octanol–water partition coefficient (Wildman–Crippen LogP) is 2.12. The lowest BCUT2D eigenvalue weighted by atomic mass is 9.95. The van der Waals surface area contributed by atoms with Crippen LogP contribution in [0.3, 0.4) is 0 Å². The molecule has 3 aromatic rings. The van der Waals surface area contributed by atoms with Gasteiger partial charge in [0.1, 0.15) is 24.9 Å². The molecule has 0 spiro atoms. The van der Waals surface area contributed by atoms with Crippen LogP contribution >= 0.6 is 0 Å². The third-order valence-electron chi connectivity index (χ3n) is 6.30. The molecule has 0 saturated carbocycles. The Morgan fingerprint density at radius 1 is 0.816 bits per heavy atom. The van der Waals surface area contributed by atoms with Crippen LogP contribution in [0, 0.1) is 0 Å². The van der Waals surface area contributed by atoms with Gasteiger partial charge in [0.05, 0.1) is 5.92 Å². The highest BCUT2D eigenvalue weighted by molar-refractivity contribution is 6.09. The number of esters is 2. The van der Waals surface area contributed by atoms with E-state index < -0.39 is 48.6 Å². The molecule has 38 heavy (non-hydrogen) atoms. The van der Waals surface area contributed by atoms with Crippen LogP contribution in [0.25, 0.3) is 0 Å². The predicted molar refractivity (Wildman–Crippen MR) is 134 cm³/mol. The van der Waals surface area contributed by atoms with Gasteiger partial charge in [-0.2, -0.15) is 0 Å². The Balaban J connectivity index is 1.42. The minimum Gasteiger partial charge on any atom is -0.459 e. The molecule has 9 heteroatoms. The van der Waals surface area contributed by atoms with Gasteiger partial charge in [0.25, 0.3) is 0 Å². The quantitative estimate of drug-likeness (QED) is 0.301. The molecule has 4 rings (SSSR count). The third-order valence-corrected chi connectivity index (χ3v) is 6.30. The number of ketones is 1. The summed E-state index contributed by atoms with van der Waals surface area (Å²) in [7, 11) is 0. The number of carbonyl (C=O) groups excluding carboxylic acids is 3. The van der Waals surface area contributed by atoms with E-state index >= 15 is 0 Å². The van der Waals surface area contributed by atoms with Gasteiger partial charge in [-0.25, -0.2) is 4.79 Å². The van der Waals surface area contributed by atoms with Crippen LogP contribution in [0.2, 0.25) is 0 Å². The summed E-state index contributed by atoms with van der Waals surface area (Å²) >= 11 is 0. The van der Waals surface area contributed by atoms with Crippen molar-refractivity contribution in [3.05, 3.63) is 107 Å². The number of aliphatic hydroxyl groups is 3. The second-order valence-corrected chi connectivity index (χ2v) is 8.97. The van der Waals surface area contributed by atoms with Gasteiger partial charge < -0.3 is 29.5 Å². The fourth-order valence-corrected chi connectivity index (χ4v) is 4.01. The number of aliphatic hydroxyl groups excluding tert-OH is 3. The summed E-state index contributed by atoms with van der Waals surface area (Å²) in [6.45, 7) is 1.44. The Kier molecular flexibility index (Phi) is 8.65. The summed E-state index contributed by atoms with van der Waals surface area (Å²) in [6, 6.07) is 24.0. The van der Waals surface area contributed by atoms with Gasteiger partial charge in [0, 0.05) is 11.1 Å². The molecule has 9 nitrogen and oxygen atoms in total. The van der Waals surface area contributed by atoms with Crippen LogP contribution in [0.1, 0.15) is 39.9 Å². The molecule has 0 bridgehead atoms. The van der Waals surface area contributed by atoms with Gasteiger partial charge in [-0.3, -0.25) is 9.59 Å². The number of ether oxygens (including phenoxy) is 3. The molecule has 3 aromatic carbocycles. The van der Waals surface area contributed by atoms with Crippen molar-refractivity contribution in [2.45, 2.75) is 50.2 Å². The van der Waals surface area contributed by atoms with Crippen LogP contribution < -0.4 is 0 Å². The average Bonchev–Trinajstić information content (AvgIpc) is 2.96. The van der Waals surface area contributed by atoms with Crippen molar-refractivity contribution in [2.75, 3.05) is 0 Å². The first-order chi connectivity index (χ1) is 18.3. The highest BCUT2D eigenvalue weighted by Gasteiger charge is 2.49. The summed E-state index contributed by atoms with van der Waals surface area (Å²) < 4.78 is 15.8. The molecule has 0 unspecified atom stereocenters. The van der Waals surface area contributed by atoms with Crippen LogP contribution in [-0.4, -0.2) is 63.7 Å². The molecule has 6 atom stereocenters. The molecule has 1 heterocycles. The SMILES string of the molecule is C[C@@H](C(=O)O[C@@H]1O[C@@H](C(=O)OCc2ccccc2)[C@@H](O)[C@@H](O)[C@@H]1O)c1cccc(C(=O)c2ccccc2)c1. The molecule has 1 saturated heterocycles. The first kappa shape index (κ1) is 27.2. The van der Waals surface area contributed by atoms with Gasteiger partial charge in [0.15, 0.2) is 11.9 Å². The summed E-state index contributed by atoms with van der Waals surface area (Å²) in [5.41, 5.74) is 2.04. The summed E-state index contributed by atoms with van der Waals surface area (Å²) in [5.74, 6) is -2.93. The smallest absolute Gasteiger partial charge is 0.338 e. The molecular weight excluding hydrogens is 492 g/mol. The van der Waals surface area contributed by atoms with E-state index in [0.29, 0.717) is 22.3 Å². The number of benzene rings is 3. The Morgan fingerprint density at radius 2 is 1.45 bits per heavy atom. The summed E-state index contributed by atoms with van der Waals surface area (Å²) in [6.07, 6.45) is -8.90. The molecule has 0 amide bonds. The molecule has 3 N–H and O–H groups in total. The van der Waals surface area contributed by atoms with Crippen molar-refractivity contribution in [1.29, 1.82) is 0 Å². The van der Waals surface area contributed by atoms with Crippen molar-refractivity contribution in [2.24, 2.45) is 0 Å². The zero-order valence-electron chi connectivity index (χ0n) is 20.5. The molecule has 1 aliphatic heterocycles. The monoisotopic (exact) mass is 520 g/mol. The van der Waals surface area contributed by atoms with E-state index in [1.54, 1.807) is 91.9 Å². The van der Waals surface area contributed by atoms with E-state index in [4.69, 9.17) is 14.2 Å². The fraction of sp³-hybridized carbons (Fsp3) is 0.276. The van der Waals surface area contributed by atoms with E-state index in [-0.39, 0.29) is 12.4 Å². The van der Waals surface area contributed by atoms with Crippen molar-refractivity contribution in [3.8, 4) is 0 Å². The molecule has 0 aliphatic carbocycles. The Morgan fingerprint density at radius 3 is 2.13 bits per heavy atom. The molecule has 1 aliphatic rings. The fourth-order valence-electron chi connectivity index (χ4n) is 4.01. The van der Waals surface area contributed by atoms with Crippen molar-refractivity contribution in [1.82, 2.24) is 0 Å². The standard InChI is InChI=1S/C29H28O9/c1-17(20-13-8-14-21(15-20)22(30)19-11-6-3-7-12-19)27(34)38-29-25(33)23(31)24(32)26(37-29)28(35)36-16-18-9-4-2-5-10-18/h2-15,17,23-26,29,31-33H,16H2,1H3/t17-,23-,24+,25+,26-,29+/m1/s1. The Hall–Kier alpha value is -3.89. The van der Waals surface area contributed by atoms with Crippen LogP contribution in [0.15, 0.2) is 84.9 Å². The summed E-state index contributed by atoms with van der Waals surface area (Å²) in [5, 5.41) is 30.9. The molecule has 0 radical (unpaired) electrons. The largest absolute Gasteiger partial charge is 0.459 e. The van der Waals surface area contributed by atoms with E-state index in [9.17, 15) is 29.7 Å². The maximum absolute atomic E-state index is 12.9. The van der Waals surface area contributed by atoms with E-state index in [1.807, 2.05) is 0 Å². The highest BCUT2D eigenvalue weighted by Crippen LogP contribution is 2.26. The second-order valence-electron chi connectivity index (χ2n) is 8.97. The number of carbonyl (C=O) groups is 3. The minimum atomic E-state index is -1.84. The lowest BCUT2D eigenvalue weighted by molar-refractivity contribution is -0.288. The topological polar surface area (TPSA) is 140 Å². The Labute approximate surface area is 219 Å². The molecular formula is C29H28O9. The number of hydrogen-bond acceptors (Lipinski definition) is 9. The first-order valence-electron chi connectivity index (χ1n) is 12.1.